The van der Waals surface area contributed by atoms with E-state index in [0.29, 0.717) is 0 Å². The van der Waals surface area contributed by atoms with Crippen molar-refractivity contribution in [3.63, 3.8) is 0 Å². The van der Waals surface area contributed by atoms with Crippen LogP contribution in [0.4, 0.5) is 4.79 Å². The molecule has 0 saturated carbocycles. The first-order valence-corrected chi connectivity index (χ1v) is 7.87. The summed E-state index contributed by atoms with van der Waals surface area (Å²) in [5.74, 6) is 0. The number of carbonyl (C=O) groups excluding carboxylic acids is 1. The number of ether oxygens (including phenoxy) is 1. The Morgan fingerprint density at radius 2 is 1.91 bits per heavy atom. The van der Waals surface area contributed by atoms with Crippen LogP contribution >= 0.6 is 0 Å². The number of amides is 1. The number of aromatic nitrogens is 2. The van der Waals surface area contributed by atoms with Crippen molar-refractivity contribution in [3.8, 4) is 0 Å². The standard InChI is InChI=1S/C16H28N4O2/c1-11-13(12(2)20(6)19-11)16(7-9-17-10-8-16)18-14(21)22-15(3,4)5/h17H,7-10H2,1-6H3,(H,18,21). The third-order valence-electron chi connectivity index (χ3n) is 4.18. The van der Waals surface area contributed by atoms with E-state index >= 15 is 0 Å². The maximum absolute atomic E-state index is 12.4. The highest BCUT2D eigenvalue weighted by Crippen LogP contribution is 2.35. The Morgan fingerprint density at radius 3 is 2.36 bits per heavy atom. The number of nitrogens with zero attached hydrogens (tertiary/aromatic N) is 2. The SMILES string of the molecule is Cc1nn(C)c(C)c1C1(NC(=O)OC(C)(C)C)CCNCC1. The van der Waals surface area contributed by atoms with Gasteiger partial charge in [-0.05, 0) is 60.5 Å². The zero-order chi connectivity index (χ0) is 16.5. The molecule has 2 rings (SSSR count). The maximum atomic E-state index is 12.4. The van der Waals surface area contributed by atoms with Crippen molar-refractivity contribution in [2.75, 3.05) is 13.1 Å². The number of alkyl carbamates (subject to hydrolysis) is 1. The topological polar surface area (TPSA) is 68.2 Å². The first kappa shape index (κ1) is 16.8. The van der Waals surface area contributed by atoms with Gasteiger partial charge in [0, 0.05) is 18.3 Å². The van der Waals surface area contributed by atoms with Gasteiger partial charge in [0.2, 0.25) is 0 Å². The van der Waals surface area contributed by atoms with Gasteiger partial charge < -0.3 is 15.4 Å². The van der Waals surface area contributed by atoms with Crippen LogP contribution in [-0.2, 0) is 17.3 Å². The van der Waals surface area contributed by atoms with E-state index in [1.54, 1.807) is 0 Å². The van der Waals surface area contributed by atoms with Gasteiger partial charge in [-0.3, -0.25) is 4.68 Å². The summed E-state index contributed by atoms with van der Waals surface area (Å²) in [4.78, 5) is 12.4. The van der Waals surface area contributed by atoms with Crippen LogP contribution in [-0.4, -0.2) is 34.6 Å². The van der Waals surface area contributed by atoms with Gasteiger partial charge in [-0.15, -0.1) is 0 Å². The molecule has 124 valence electrons. The van der Waals surface area contributed by atoms with Crippen molar-refractivity contribution >= 4 is 6.09 Å². The van der Waals surface area contributed by atoms with Crippen molar-refractivity contribution in [1.82, 2.24) is 20.4 Å². The molecule has 0 radical (unpaired) electrons. The molecule has 1 aliphatic rings. The molecule has 1 saturated heterocycles. The molecule has 1 amide bonds. The van der Waals surface area contributed by atoms with Gasteiger partial charge in [-0.25, -0.2) is 4.79 Å². The Labute approximate surface area is 132 Å². The first-order chi connectivity index (χ1) is 10.1. The van der Waals surface area contributed by atoms with E-state index in [0.717, 1.165) is 42.9 Å². The van der Waals surface area contributed by atoms with Crippen LogP contribution in [0.2, 0.25) is 0 Å². The molecule has 1 aromatic rings. The minimum atomic E-state index is -0.503. The number of carbonyl (C=O) groups is 1. The van der Waals surface area contributed by atoms with Crippen molar-refractivity contribution in [3.05, 3.63) is 17.0 Å². The molecule has 6 heteroatoms. The zero-order valence-electron chi connectivity index (χ0n) is 14.5. The minimum absolute atomic E-state index is 0.364. The van der Waals surface area contributed by atoms with Gasteiger partial charge in [0.1, 0.15) is 5.60 Å². The number of nitrogens with one attached hydrogen (secondary N) is 2. The molecule has 0 spiro atoms. The zero-order valence-corrected chi connectivity index (χ0v) is 14.5. The van der Waals surface area contributed by atoms with E-state index in [1.165, 1.54) is 0 Å². The van der Waals surface area contributed by atoms with Gasteiger partial charge in [-0.2, -0.15) is 5.10 Å². The summed E-state index contributed by atoms with van der Waals surface area (Å²) in [6.07, 6.45) is 1.30. The summed E-state index contributed by atoms with van der Waals surface area (Å²) in [6.45, 7) is 11.4. The van der Waals surface area contributed by atoms with Crippen LogP contribution in [0.25, 0.3) is 0 Å². The van der Waals surface area contributed by atoms with Gasteiger partial charge in [-0.1, -0.05) is 0 Å². The average molecular weight is 308 g/mol. The number of rotatable bonds is 2. The lowest BCUT2D eigenvalue weighted by molar-refractivity contribution is 0.0425. The second kappa shape index (κ2) is 5.91. The molecular weight excluding hydrogens is 280 g/mol. The first-order valence-electron chi connectivity index (χ1n) is 7.87. The second-order valence-corrected chi connectivity index (χ2v) is 7.13. The Kier molecular flexibility index (Phi) is 4.52. The summed E-state index contributed by atoms with van der Waals surface area (Å²) in [7, 11) is 1.94. The molecule has 2 N–H and O–H groups in total. The summed E-state index contributed by atoms with van der Waals surface area (Å²) in [5.41, 5.74) is 2.28. The lowest BCUT2D eigenvalue weighted by atomic mass is 9.80. The van der Waals surface area contributed by atoms with Crippen molar-refractivity contribution in [2.24, 2.45) is 7.05 Å². The normalized spacial score (nSPS) is 18.1. The number of piperidine rings is 1. The van der Waals surface area contributed by atoms with Crippen molar-refractivity contribution in [2.45, 2.75) is 58.6 Å². The van der Waals surface area contributed by atoms with Gasteiger partial charge in [0.05, 0.1) is 11.2 Å². The van der Waals surface area contributed by atoms with Crippen molar-refractivity contribution in [1.29, 1.82) is 0 Å². The predicted molar refractivity (Wildman–Crippen MR) is 85.8 cm³/mol. The second-order valence-electron chi connectivity index (χ2n) is 7.13. The molecule has 0 aromatic carbocycles. The van der Waals surface area contributed by atoms with Gasteiger partial charge in [0.15, 0.2) is 0 Å². The van der Waals surface area contributed by atoms with Crippen LogP contribution in [0, 0.1) is 13.8 Å². The van der Waals surface area contributed by atoms with E-state index in [-0.39, 0.29) is 6.09 Å². The van der Waals surface area contributed by atoms with Crippen LogP contribution in [0.3, 0.4) is 0 Å². The molecule has 2 heterocycles. The summed E-state index contributed by atoms with van der Waals surface area (Å²) in [5, 5.41) is 11.0. The Balaban J connectivity index is 2.34. The molecule has 0 bridgehead atoms. The van der Waals surface area contributed by atoms with E-state index in [9.17, 15) is 4.79 Å². The molecule has 0 atom stereocenters. The molecule has 1 aliphatic heterocycles. The fourth-order valence-corrected chi connectivity index (χ4v) is 3.26. The summed E-state index contributed by atoms with van der Waals surface area (Å²) in [6, 6.07) is 0. The monoisotopic (exact) mass is 308 g/mol. The molecule has 6 nitrogen and oxygen atoms in total. The maximum Gasteiger partial charge on any atom is 0.408 e. The van der Waals surface area contributed by atoms with Crippen LogP contribution < -0.4 is 10.6 Å². The third kappa shape index (κ3) is 3.43. The highest BCUT2D eigenvalue weighted by molar-refractivity contribution is 5.69. The fraction of sp³-hybridized carbons (Fsp3) is 0.750. The largest absolute Gasteiger partial charge is 0.444 e. The number of aryl methyl sites for hydroxylation is 2. The average Bonchev–Trinajstić information content (AvgIpc) is 2.62. The van der Waals surface area contributed by atoms with E-state index < -0.39 is 11.1 Å². The summed E-state index contributed by atoms with van der Waals surface area (Å²) >= 11 is 0. The molecule has 0 unspecified atom stereocenters. The summed E-state index contributed by atoms with van der Waals surface area (Å²) < 4.78 is 7.36. The molecule has 1 fully saturated rings. The Bertz CT molecular complexity index is 551. The van der Waals surface area contributed by atoms with Crippen LogP contribution in [0.1, 0.15) is 50.6 Å². The van der Waals surface area contributed by atoms with Crippen LogP contribution in [0.5, 0.6) is 0 Å². The number of hydrogen-bond donors (Lipinski definition) is 2. The highest BCUT2D eigenvalue weighted by Gasteiger charge is 2.40. The predicted octanol–water partition coefficient (Wildman–Crippen LogP) is 2.14. The van der Waals surface area contributed by atoms with E-state index in [2.05, 4.69) is 22.7 Å². The molecule has 1 aromatic heterocycles. The lowest BCUT2D eigenvalue weighted by Crippen LogP contribution is -2.53. The van der Waals surface area contributed by atoms with Crippen molar-refractivity contribution < 1.29 is 9.53 Å². The lowest BCUT2D eigenvalue weighted by Gasteiger charge is -2.39. The van der Waals surface area contributed by atoms with Gasteiger partial charge in [0.25, 0.3) is 0 Å². The molecule has 22 heavy (non-hydrogen) atoms. The molecule has 0 aliphatic carbocycles. The molecular formula is C16H28N4O2. The van der Waals surface area contributed by atoms with E-state index in [1.807, 2.05) is 39.4 Å². The smallest absolute Gasteiger partial charge is 0.408 e. The minimum Gasteiger partial charge on any atom is -0.444 e. The highest BCUT2D eigenvalue weighted by atomic mass is 16.6. The third-order valence-corrected chi connectivity index (χ3v) is 4.18. The number of hydrogen-bond acceptors (Lipinski definition) is 4. The Morgan fingerprint density at radius 1 is 1.32 bits per heavy atom. The quantitative estimate of drug-likeness (QED) is 0.878. The van der Waals surface area contributed by atoms with E-state index in [4.69, 9.17) is 4.74 Å². The fourth-order valence-electron chi connectivity index (χ4n) is 3.26. The van der Waals surface area contributed by atoms with Gasteiger partial charge >= 0.3 is 6.09 Å². The van der Waals surface area contributed by atoms with Crippen LogP contribution in [0.15, 0.2) is 0 Å². The Hall–Kier alpha value is -1.56.